The van der Waals surface area contributed by atoms with Gasteiger partial charge in [-0.05, 0) is 66.9 Å². The van der Waals surface area contributed by atoms with Crippen molar-refractivity contribution in [3.05, 3.63) is 168 Å². The molecule has 0 N–H and O–H groups in total. The van der Waals surface area contributed by atoms with Crippen molar-refractivity contribution >= 4 is 38.6 Å². The van der Waals surface area contributed by atoms with Crippen LogP contribution < -0.4 is 9.64 Å². The van der Waals surface area contributed by atoms with Crippen LogP contribution in [0.4, 0.5) is 5.69 Å². The zero-order valence-corrected chi connectivity index (χ0v) is 27.0. The molecule has 5 aromatic carbocycles. The fourth-order valence-electron chi connectivity index (χ4n) is 6.72. The van der Waals surface area contributed by atoms with Gasteiger partial charge in [-0.3, -0.25) is 4.79 Å². The summed E-state index contributed by atoms with van der Waals surface area (Å²) >= 11 is 0. The van der Waals surface area contributed by atoms with Crippen LogP contribution in [0.25, 0.3) is 17.0 Å². The van der Waals surface area contributed by atoms with Gasteiger partial charge < -0.3 is 9.64 Å². The number of hydrogen-bond acceptors (Lipinski definition) is 4. The molecular formula is C40H34N2O4S. The molecule has 2 atom stereocenters. The van der Waals surface area contributed by atoms with Gasteiger partial charge in [0.1, 0.15) is 11.2 Å². The second kappa shape index (κ2) is 12.1. The molecule has 7 heteroatoms. The lowest BCUT2D eigenvalue weighted by Crippen LogP contribution is -2.66. The van der Waals surface area contributed by atoms with E-state index in [1.54, 1.807) is 37.6 Å². The number of fused-ring (bicyclic) bond motifs is 1. The third-order valence-corrected chi connectivity index (χ3v) is 10.8. The summed E-state index contributed by atoms with van der Waals surface area (Å²) in [5.41, 5.74) is 4.18. The number of ether oxygens (including phenoxy) is 1. The molecule has 0 radical (unpaired) electrons. The minimum Gasteiger partial charge on any atom is -0.497 e. The molecule has 7 rings (SSSR count). The number of amides is 1. The Bertz CT molecular complexity index is 2190. The Hall–Kier alpha value is -5.40. The maximum Gasteiger partial charge on any atom is 0.268 e. The lowest BCUT2D eigenvalue weighted by atomic mass is 9.61. The average molecular weight is 639 g/mol. The summed E-state index contributed by atoms with van der Waals surface area (Å²) in [7, 11) is -2.21. The molecule has 0 saturated carbocycles. The molecule has 6 aromatic rings. The normalized spacial score (nSPS) is 18.0. The molecular weight excluding hydrogens is 605 g/mol. The van der Waals surface area contributed by atoms with E-state index in [4.69, 9.17) is 4.74 Å². The van der Waals surface area contributed by atoms with Gasteiger partial charge in [0.05, 0.1) is 23.6 Å². The highest BCUT2D eigenvalue weighted by molar-refractivity contribution is 7.90. The molecule has 0 spiro atoms. The van der Waals surface area contributed by atoms with Crippen LogP contribution in [0.15, 0.2) is 151 Å². The Morgan fingerprint density at radius 1 is 0.787 bits per heavy atom. The Labute approximate surface area is 275 Å². The topological polar surface area (TPSA) is 68.6 Å². The van der Waals surface area contributed by atoms with Crippen molar-refractivity contribution < 1.29 is 17.9 Å². The van der Waals surface area contributed by atoms with Crippen LogP contribution >= 0.6 is 0 Å². The number of carbonyl (C=O) groups is 1. The molecule has 1 fully saturated rings. The minimum atomic E-state index is -3.84. The summed E-state index contributed by atoms with van der Waals surface area (Å²) < 4.78 is 34.4. The highest BCUT2D eigenvalue weighted by atomic mass is 32.2. The number of aryl methyl sites for hydroxylation is 1. The van der Waals surface area contributed by atoms with E-state index in [0.717, 1.165) is 33.3 Å². The average Bonchev–Trinajstić information content (AvgIpc) is 3.49. The van der Waals surface area contributed by atoms with Gasteiger partial charge in [-0.1, -0.05) is 109 Å². The van der Waals surface area contributed by atoms with Crippen molar-refractivity contribution in [3.8, 4) is 5.75 Å². The third-order valence-electron chi connectivity index (χ3n) is 9.10. The van der Waals surface area contributed by atoms with Crippen molar-refractivity contribution in [3.63, 3.8) is 0 Å². The number of methoxy groups -OCH3 is 1. The van der Waals surface area contributed by atoms with Crippen LogP contribution in [0.3, 0.4) is 0 Å². The molecule has 1 aromatic heterocycles. The second-order valence-electron chi connectivity index (χ2n) is 11.8. The van der Waals surface area contributed by atoms with Crippen LogP contribution in [0.5, 0.6) is 5.75 Å². The number of allylic oxidation sites excluding steroid dienone is 1. The van der Waals surface area contributed by atoms with Crippen LogP contribution in [-0.4, -0.2) is 25.4 Å². The van der Waals surface area contributed by atoms with Crippen LogP contribution in [0.1, 0.15) is 34.7 Å². The first-order chi connectivity index (χ1) is 22.8. The standard InChI is InChI=1S/C40H34N2O4S/c1-29-19-25-35(26-20-29)47(44,45)41-28-31(36-17-9-10-18-37(36)41)14-11-27-40(32-21-23-34(46-2)24-22-32)38(30-12-5-3-6-13-30)42(39(40)43)33-15-7-4-8-16-33/h3-26,28,38H,27H2,1-2H3/b14-11+/t38-,40+/m1/s1. The predicted molar refractivity (Wildman–Crippen MR) is 187 cm³/mol. The molecule has 1 saturated heterocycles. The first-order valence-electron chi connectivity index (χ1n) is 15.5. The van der Waals surface area contributed by atoms with E-state index >= 15 is 0 Å². The Balaban J connectivity index is 1.33. The molecule has 47 heavy (non-hydrogen) atoms. The van der Waals surface area contributed by atoms with E-state index in [2.05, 4.69) is 12.1 Å². The molecule has 0 aliphatic carbocycles. The number of para-hydroxylation sites is 2. The summed E-state index contributed by atoms with van der Waals surface area (Å²) in [6.45, 7) is 1.93. The molecule has 234 valence electrons. The number of anilines is 1. The summed E-state index contributed by atoms with van der Waals surface area (Å²) in [6.07, 6.45) is 6.01. The maximum atomic E-state index is 14.6. The third kappa shape index (κ3) is 5.13. The first kappa shape index (κ1) is 30.3. The molecule has 6 nitrogen and oxygen atoms in total. The zero-order valence-electron chi connectivity index (χ0n) is 26.2. The number of benzene rings is 5. The Morgan fingerprint density at radius 3 is 2.11 bits per heavy atom. The zero-order chi connectivity index (χ0) is 32.6. The highest BCUT2D eigenvalue weighted by Crippen LogP contribution is 2.56. The van der Waals surface area contributed by atoms with Gasteiger partial charge in [-0.25, -0.2) is 12.4 Å². The van der Waals surface area contributed by atoms with E-state index < -0.39 is 15.4 Å². The van der Waals surface area contributed by atoms with Gasteiger partial charge in [0, 0.05) is 22.8 Å². The van der Waals surface area contributed by atoms with Crippen LogP contribution in [-0.2, 0) is 20.2 Å². The number of hydrogen-bond donors (Lipinski definition) is 0. The molecule has 1 aliphatic rings. The molecule has 1 amide bonds. The number of β-lactam (4-membered cyclic amide) rings is 1. The minimum absolute atomic E-state index is 0.00301. The molecule has 1 aliphatic heterocycles. The van der Waals surface area contributed by atoms with E-state index in [1.165, 1.54) is 3.97 Å². The number of carbonyl (C=O) groups excluding carboxylic acids is 1. The van der Waals surface area contributed by atoms with Gasteiger partial charge in [0.2, 0.25) is 5.91 Å². The van der Waals surface area contributed by atoms with Crippen LogP contribution in [0.2, 0.25) is 0 Å². The number of rotatable bonds is 9. The molecule has 2 heterocycles. The summed E-state index contributed by atoms with van der Waals surface area (Å²) in [4.78, 5) is 16.7. The van der Waals surface area contributed by atoms with Gasteiger partial charge in [-0.15, -0.1) is 0 Å². The fourth-order valence-corrected chi connectivity index (χ4v) is 8.09. The Kier molecular flexibility index (Phi) is 7.78. The monoisotopic (exact) mass is 638 g/mol. The summed E-state index contributed by atoms with van der Waals surface area (Å²) in [5, 5.41) is 0.809. The Morgan fingerprint density at radius 2 is 1.43 bits per heavy atom. The summed E-state index contributed by atoms with van der Waals surface area (Å²) in [6, 6.07) is 41.7. The predicted octanol–water partition coefficient (Wildman–Crippen LogP) is 8.32. The quantitative estimate of drug-likeness (QED) is 0.149. The van der Waals surface area contributed by atoms with Crippen molar-refractivity contribution in [1.29, 1.82) is 0 Å². The lowest BCUT2D eigenvalue weighted by Gasteiger charge is -2.56. The van der Waals surface area contributed by atoms with E-state index in [0.29, 0.717) is 17.7 Å². The number of nitrogens with zero attached hydrogens (tertiary/aromatic N) is 2. The smallest absolute Gasteiger partial charge is 0.268 e. The van der Waals surface area contributed by atoms with Crippen molar-refractivity contribution in [1.82, 2.24) is 3.97 Å². The largest absolute Gasteiger partial charge is 0.497 e. The summed E-state index contributed by atoms with van der Waals surface area (Å²) in [5.74, 6) is 0.710. The van der Waals surface area contributed by atoms with Crippen molar-refractivity contribution in [2.24, 2.45) is 0 Å². The van der Waals surface area contributed by atoms with Gasteiger partial charge in [-0.2, -0.15) is 0 Å². The molecule has 0 unspecified atom stereocenters. The first-order valence-corrected chi connectivity index (χ1v) is 17.0. The van der Waals surface area contributed by atoms with Gasteiger partial charge in [0.15, 0.2) is 0 Å². The maximum absolute atomic E-state index is 14.6. The SMILES string of the molecule is COc1ccc([C@]2(C/C=C/c3cn(S(=O)(=O)c4ccc(C)cc4)c4ccccc34)C(=O)N(c3ccccc3)[C@@H]2c2ccccc2)cc1. The van der Waals surface area contributed by atoms with E-state index in [1.807, 2.05) is 121 Å². The fraction of sp³-hybridized carbons (Fsp3) is 0.125. The molecule has 0 bridgehead atoms. The van der Waals surface area contributed by atoms with E-state index in [-0.39, 0.29) is 16.8 Å². The van der Waals surface area contributed by atoms with E-state index in [9.17, 15) is 13.2 Å². The van der Waals surface area contributed by atoms with Gasteiger partial charge in [0.25, 0.3) is 10.0 Å². The second-order valence-corrected chi connectivity index (χ2v) is 13.7. The number of aromatic nitrogens is 1. The van der Waals surface area contributed by atoms with Crippen molar-refractivity contribution in [2.45, 2.75) is 29.7 Å². The lowest BCUT2D eigenvalue weighted by molar-refractivity contribution is -0.133. The highest BCUT2D eigenvalue weighted by Gasteiger charge is 2.61. The van der Waals surface area contributed by atoms with Crippen molar-refractivity contribution in [2.75, 3.05) is 12.0 Å². The van der Waals surface area contributed by atoms with Crippen LogP contribution in [0, 0.1) is 6.92 Å². The van der Waals surface area contributed by atoms with Gasteiger partial charge >= 0.3 is 0 Å².